The number of benzene rings is 2. The minimum absolute atomic E-state index is 0.00404. The van der Waals surface area contributed by atoms with Gasteiger partial charge in [-0.1, -0.05) is 36.4 Å². The number of hydrogen-bond donors (Lipinski definition) is 4. The topological polar surface area (TPSA) is 133 Å². The van der Waals surface area contributed by atoms with Crippen LogP contribution in [0.3, 0.4) is 0 Å². The molecule has 2 aromatic carbocycles. The van der Waals surface area contributed by atoms with Gasteiger partial charge in [-0.2, -0.15) is 0 Å². The first-order chi connectivity index (χ1) is 12.4. The van der Waals surface area contributed by atoms with Crippen molar-refractivity contribution in [2.75, 3.05) is 0 Å². The van der Waals surface area contributed by atoms with E-state index in [4.69, 9.17) is 10.2 Å². The van der Waals surface area contributed by atoms with Crippen LogP contribution in [0, 0.1) is 0 Å². The molecular formula is C18H16N2O6. The van der Waals surface area contributed by atoms with E-state index in [1.807, 2.05) is 0 Å². The molecule has 2 rings (SSSR count). The minimum Gasteiger partial charge on any atom is -0.478 e. The van der Waals surface area contributed by atoms with Crippen LogP contribution in [0.1, 0.15) is 31.8 Å². The number of nitrogens with one attached hydrogen (secondary N) is 2. The van der Waals surface area contributed by atoms with Gasteiger partial charge in [-0.25, -0.2) is 9.59 Å². The largest absolute Gasteiger partial charge is 0.478 e. The Kier molecular flexibility index (Phi) is 6.05. The van der Waals surface area contributed by atoms with Crippen molar-refractivity contribution in [3.8, 4) is 0 Å². The van der Waals surface area contributed by atoms with Crippen LogP contribution in [0.25, 0.3) is 0 Å². The second kappa shape index (κ2) is 8.43. The molecule has 0 bridgehead atoms. The molecule has 0 radical (unpaired) electrons. The summed E-state index contributed by atoms with van der Waals surface area (Å²) in [5.41, 5.74) is 5.00. The molecule has 0 heterocycles. The maximum atomic E-state index is 11.9. The summed E-state index contributed by atoms with van der Waals surface area (Å²) >= 11 is 0. The Bertz CT molecular complexity index is 791. The van der Waals surface area contributed by atoms with E-state index in [1.54, 1.807) is 24.3 Å². The maximum Gasteiger partial charge on any atom is 0.335 e. The average Bonchev–Trinajstić information content (AvgIpc) is 2.60. The fourth-order valence-corrected chi connectivity index (χ4v) is 2.34. The van der Waals surface area contributed by atoms with Crippen molar-refractivity contribution in [3.05, 3.63) is 70.8 Å². The van der Waals surface area contributed by atoms with Crippen molar-refractivity contribution >= 4 is 23.8 Å². The van der Waals surface area contributed by atoms with Gasteiger partial charge in [0, 0.05) is 0 Å². The van der Waals surface area contributed by atoms with E-state index >= 15 is 0 Å². The van der Waals surface area contributed by atoms with Gasteiger partial charge in [-0.15, -0.1) is 0 Å². The van der Waals surface area contributed by atoms with Crippen LogP contribution >= 0.6 is 0 Å². The number of hydrazine groups is 1. The van der Waals surface area contributed by atoms with Crippen LogP contribution in [0.4, 0.5) is 0 Å². The van der Waals surface area contributed by atoms with E-state index in [2.05, 4.69) is 10.9 Å². The molecule has 8 heteroatoms. The molecule has 0 fully saturated rings. The third-order valence-electron chi connectivity index (χ3n) is 3.54. The van der Waals surface area contributed by atoms with Crippen molar-refractivity contribution in [2.24, 2.45) is 0 Å². The van der Waals surface area contributed by atoms with Crippen molar-refractivity contribution in [2.45, 2.75) is 12.8 Å². The molecule has 2 aromatic rings. The second-order valence-electron chi connectivity index (χ2n) is 5.37. The Morgan fingerprint density at radius 2 is 1.00 bits per heavy atom. The Morgan fingerprint density at radius 1 is 0.654 bits per heavy atom. The zero-order valence-electron chi connectivity index (χ0n) is 13.6. The highest BCUT2D eigenvalue weighted by Crippen LogP contribution is 2.10. The molecule has 0 spiro atoms. The lowest BCUT2D eigenvalue weighted by molar-refractivity contribution is -0.128. The number of amides is 2. The van der Waals surface area contributed by atoms with Gasteiger partial charge in [0.1, 0.15) is 0 Å². The summed E-state index contributed by atoms with van der Waals surface area (Å²) in [6.45, 7) is 0. The fraction of sp³-hybridized carbons (Fsp3) is 0.111. The number of aromatic carboxylic acids is 2. The number of hydrogen-bond acceptors (Lipinski definition) is 4. The summed E-state index contributed by atoms with van der Waals surface area (Å²) in [5, 5.41) is 18.2. The van der Waals surface area contributed by atoms with Crippen molar-refractivity contribution in [1.82, 2.24) is 10.9 Å². The van der Waals surface area contributed by atoms with Gasteiger partial charge in [0.15, 0.2) is 0 Å². The summed E-state index contributed by atoms with van der Waals surface area (Å²) < 4.78 is 0. The van der Waals surface area contributed by atoms with Crippen LogP contribution in [-0.2, 0) is 22.4 Å². The van der Waals surface area contributed by atoms with Crippen molar-refractivity contribution in [1.29, 1.82) is 0 Å². The molecule has 0 saturated carbocycles. The molecule has 0 saturated heterocycles. The summed E-state index contributed by atoms with van der Waals surface area (Å²) in [6.07, 6.45) is -0.455. The van der Waals surface area contributed by atoms with Gasteiger partial charge in [0.2, 0.25) is 11.8 Å². The minimum atomic E-state index is -1.15. The van der Waals surface area contributed by atoms with Gasteiger partial charge >= 0.3 is 11.9 Å². The molecule has 134 valence electrons. The van der Waals surface area contributed by atoms with Crippen molar-refractivity contribution < 1.29 is 29.4 Å². The standard InChI is InChI=1S/C18H16N2O6/c21-15(9-11-5-1-3-7-13(11)17(23)24)19-20-16(22)10-12-6-2-4-8-14(12)18(25)26/h1-8H,9-10H2,(H,19,21)(H,20,22)(H,23,24)(H,25,26). The summed E-state index contributed by atoms with van der Waals surface area (Å²) in [4.78, 5) is 46.0. The Morgan fingerprint density at radius 3 is 1.35 bits per heavy atom. The maximum absolute atomic E-state index is 11.9. The monoisotopic (exact) mass is 356 g/mol. The molecule has 0 aliphatic rings. The van der Waals surface area contributed by atoms with Crippen LogP contribution in [0.5, 0.6) is 0 Å². The van der Waals surface area contributed by atoms with Gasteiger partial charge in [0.05, 0.1) is 24.0 Å². The Balaban J connectivity index is 1.93. The van der Waals surface area contributed by atoms with E-state index in [-0.39, 0.29) is 24.0 Å². The highest BCUT2D eigenvalue weighted by atomic mass is 16.4. The van der Waals surface area contributed by atoms with E-state index in [1.165, 1.54) is 24.3 Å². The summed E-state index contributed by atoms with van der Waals surface area (Å²) in [7, 11) is 0. The first-order valence-electron chi connectivity index (χ1n) is 7.58. The average molecular weight is 356 g/mol. The van der Waals surface area contributed by atoms with E-state index in [0.29, 0.717) is 11.1 Å². The lowest BCUT2D eigenvalue weighted by atomic mass is 10.0. The third kappa shape index (κ3) is 4.91. The quantitative estimate of drug-likeness (QED) is 0.571. The van der Waals surface area contributed by atoms with Gasteiger partial charge in [-0.3, -0.25) is 20.4 Å². The Labute approximate surface area is 148 Å². The van der Waals surface area contributed by atoms with E-state index in [9.17, 15) is 19.2 Å². The highest BCUT2D eigenvalue weighted by Gasteiger charge is 2.15. The first-order valence-corrected chi connectivity index (χ1v) is 7.58. The number of carboxylic acids is 2. The molecule has 26 heavy (non-hydrogen) atoms. The van der Waals surface area contributed by atoms with E-state index in [0.717, 1.165) is 0 Å². The number of rotatable bonds is 6. The number of carboxylic acid groups (broad SMARTS) is 2. The first kappa shape index (κ1) is 18.7. The molecule has 0 aliphatic heterocycles. The number of carbonyl (C=O) groups excluding carboxylic acids is 2. The summed E-state index contributed by atoms with van der Waals surface area (Å²) in [6, 6.07) is 12.1. The van der Waals surface area contributed by atoms with Gasteiger partial charge < -0.3 is 10.2 Å². The van der Waals surface area contributed by atoms with Crippen LogP contribution in [0.15, 0.2) is 48.5 Å². The lowest BCUT2D eigenvalue weighted by Crippen LogP contribution is -2.43. The molecule has 0 unspecified atom stereocenters. The second-order valence-corrected chi connectivity index (χ2v) is 5.37. The molecule has 4 N–H and O–H groups in total. The summed E-state index contributed by atoms with van der Waals surface area (Å²) in [5.74, 6) is -3.50. The van der Waals surface area contributed by atoms with Gasteiger partial charge in [0.25, 0.3) is 0 Å². The zero-order valence-corrected chi connectivity index (χ0v) is 13.6. The van der Waals surface area contributed by atoms with Crippen LogP contribution < -0.4 is 10.9 Å². The van der Waals surface area contributed by atoms with Crippen LogP contribution in [-0.4, -0.2) is 34.0 Å². The lowest BCUT2D eigenvalue weighted by Gasteiger charge is -2.10. The fourth-order valence-electron chi connectivity index (χ4n) is 2.34. The SMILES string of the molecule is O=C(Cc1ccccc1C(=O)O)NNC(=O)Cc1ccccc1C(=O)O. The molecule has 2 amide bonds. The van der Waals surface area contributed by atoms with Gasteiger partial charge in [-0.05, 0) is 23.3 Å². The predicted octanol–water partition coefficient (Wildman–Crippen LogP) is 1.02. The predicted molar refractivity (Wildman–Crippen MR) is 90.5 cm³/mol. The smallest absolute Gasteiger partial charge is 0.335 e. The molecule has 0 aliphatic carbocycles. The molecule has 0 aromatic heterocycles. The van der Waals surface area contributed by atoms with Crippen LogP contribution in [0.2, 0.25) is 0 Å². The molecule has 0 atom stereocenters. The molecule has 8 nitrogen and oxygen atoms in total. The molecular weight excluding hydrogens is 340 g/mol. The highest BCUT2D eigenvalue weighted by molar-refractivity contribution is 5.93. The zero-order chi connectivity index (χ0) is 19.1. The van der Waals surface area contributed by atoms with E-state index < -0.39 is 23.8 Å². The van der Waals surface area contributed by atoms with Crippen molar-refractivity contribution in [3.63, 3.8) is 0 Å². The Hall–Kier alpha value is -3.68. The normalized spacial score (nSPS) is 10.0. The number of carbonyl (C=O) groups is 4. The third-order valence-corrected chi connectivity index (χ3v) is 3.54.